The van der Waals surface area contributed by atoms with E-state index in [1.807, 2.05) is 28.9 Å². The van der Waals surface area contributed by atoms with Crippen LogP contribution in [0.2, 0.25) is 0 Å². The third kappa shape index (κ3) is 3.01. The Kier molecular flexibility index (Phi) is 4.20. The Bertz CT molecular complexity index is 507. The predicted molar refractivity (Wildman–Crippen MR) is 73.7 cm³/mol. The van der Waals surface area contributed by atoms with Crippen molar-refractivity contribution < 1.29 is 0 Å². The van der Waals surface area contributed by atoms with Gasteiger partial charge in [0.1, 0.15) is 12.2 Å². The Morgan fingerprint density at radius 2 is 2.22 bits per heavy atom. The molecule has 0 saturated heterocycles. The summed E-state index contributed by atoms with van der Waals surface area (Å²) in [6, 6.07) is 8.38. The normalized spacial score (nSPS) is 10.9. The number of halogens is 1. The molecule has 0 radical (unpaired) electrons. The van der Waals surface area contributed by atoms with Gasteiger partial charge in [0.25, 0.3) is 0 Å². The molecule has 0 bridgehead atoms. The largest absolute Gasteiger partial charge is 0.378 e. The van der Waals surface area contributed by atoms with Gasteiger partial charge in [0.05, 0.1) is 6.54 Å². The third-order valence-electron chi connectivity index (χ3n) is 2.67. The number of hydrogen-bond donors (Lipinski definition) is 1. The van der Waals surface area contributed by atoms with E-state index in [9.17, 15) is 0 Å². The molecule has 0 spiro atoms. The van der Waals surface area contributed by atoms with E-state index in [-0.39, 0.29) is 0 Å². The fraction of sp³-hybridized carbons (Fsp3) is 0.385. The second-order valence-corrected chi connectivity index (χ2v) is 4.67. The van der Waals surface area contributed by atoms with Crippen LogP contribution in [0.5, 0.6) is 0 Å². The van der Waals surface area contributed by atoms with Crippen molar-refractivity contribution in [2.24, 2.45) is 0 Å². The molecule has 0 atom stereocenters. The topological polar surface area (TPSA) is 42.7 Å². The Balaban J connectivity index is 2.04. The lowest BCUT2D eigenvalue weighted by molar-refractivity contribution is 0.509. The predicted octanol–water partition coefficient (Wildman–Crippen LogP) is 3.21. The Morgan fingerprint density at radius 1 is 1.39 bits per heavy atom. The maximum atomic E-state index is 5.81. The molecule has 0 fully saturated rings. The highest BCUT2D eigenvalue weighted by atomic mass is 35.5. The summed E-state index contributed by atoms with van der Waals surface area (Å²) in [6.45, 7) is 4.84. The molecule has 1 N–H and O–H groups in total. The van der Waals surface area contributed by atoms with Crippen LogP contribution in [0.4, 0.5) is 5.69 Å². The van der Waals surface area contributed by atoms with Crippen LogP contribution >= 0.6 is 11.6 Å². The third-order valence-corrected chi connectivity index (χ3v) is 2.98. The van der Waals surface area contributed by atoms with Crippen LogP contribution in [-0.2, 0) is 12.4 Å². The van der Waals surface area contributed by atoms with Crippen LogP contribution in [0.25, 0.3) is 0 Å². The van der Waals surface area contributed by atoms with Crippen molar-refractivity contribution >= 4 is 17.3 Å². The molecule has 96 valence electrons. The molecule has 1 aromatic carbocycles. The van der Waals surface area contributed by atoms with Gasteiger partial charge in [0.2, 0.25) is 0 Å². The summed E-state index contributed by atoms with van der Waals surface area (Å²) in [7, 11) is 0. The number of hydrogen-bond acceptors (Lipinski definition) is 3. The molecule has 5 heteroatoms. The molecule has 0 aliphatic carbocycles. The number of benzene rings is 1. The zero-order valence-electron chi connectivity index (χ0n) is 10.6. The van der Waals surface area contributed by atoms with Crippen molar-refractivity contribution in [1.82, 2.24) is 14.8 Å². The second-order valence-electron chi connectivity index (χ2n) is 4.40. The first kappa shape index (κ1) is 12.9. The van der Waals surface area contributed by atoms with E-state index < -0.39 is 0 Å². The molecular formula is C13H17ClN4. The van der Waals surface area contributed by atoms with Gasteiger partial charge in [-0.2, -0.15) is 5.10 Å². The maximum Gasteiger partial charge on any atom is 0.146 e. The monoisotopic (exact) mass is 264 g/mol. The van der Waals surface area contributed by atoms with Crippen molar-refractivity contribution in [3.05, 3.63) is 42.0 Å². The Labute approximate surface area is 112 Å². The summed E-state index contributed by atoms with van der Waals surface area (Å²) < 4.78 is 1.92. The Morgan fingerprint density at radius 3 is 2.94 bits per heavy atom. The fourth-order valence-electron chi connectivity index (χ4n) is 1.78. The average molecular weight is 265 g/mol. The molecule has 18 heavy (non-hydrogen) atoms. The van der Waals surface area contributed by atoms with Crippen LogP contribution in [0, 0.1) is 0 Å². The highest BCUT2D eigenvalue weighted by Gasteiger charge is 2.06. The van der Waals surface area contributed by atoms with E-state index in [0.717, 1.165) is 17.1 Å². The highest BCUT2D eigenvalue weighted by molar-refractivity contribution is 6.17. The van der Waals surface area contributed by atoms with E-state index in [4.69, 9.17) is 11.6 Å². The minimum Gasteiger partial charge on any atom is -0.378 e. The highest BCUT2D eigenvalue weighted by Crippen LogP contribution is 2.14. The van der Waals surface area contributed by atoms with E-state index in [2.05, 4.69) is 29.2 Å². The molecule has 4 nitrogen and oxygen atoms in total. The van der Waals surface area contributed by atoms with Crippen LogP contribution in [-0.4, -0.2) is 14.8 Å². The number of aromatic nitrogens is 3. The minimum absolute atomic E-state index is 0.318. The first-order valence-corrected chi connectivity index (χ1v) is 6.51. The van der Waals surface area contributed by atoms with Gasteiger partial charge in [-0.05, 0) is 31.5 Å². The van der Waals surface area contributed by atoms with Gasteiger partial charge in [0.15, 0.2) is 0 Å². The Hall–Kier alpha value is -1.55. The number of anilines is 1. The van der Waals surface area contributed by atoms with Crippen LogP contribution < -0.4 is 5.32 Å². The molecule has 2 aromatic rings. The molecule has 0 amide bonds. The second kappa shape index (κ2) is 5.87. The van der Waals surface area contributed by atoms with Gasteiger partial charge in [-0.25, -0.2) is 9.67 Å². The minimum atomic E-state index is 0.318. The molecular weight excluding hydrogens is 248 g/mol. The number of alkyl halides is 1. The van der Waals surface area contributed by atoms with Gasteiger partial charge >= 0.3 is 0 Å². The van der Waals surface area contributed by atoms with Crippen molar-refractivity contribution in [1.29, 1.82) is 0 Å². The molecule has 1 aromatic heterocycles. The summed E-state index contributed by atoms with van der Waals surface area (Å²) in [5.41, 5.74) is 2.15. The number of nitrogens with one attached hydrogen (secondary N) is 1. The summed E-state index contributed by atoms with van der Waals surface area (Å²) in [6.07, 6.45) is 1.59. The zero-order chi connectivity index (χ0) is 13.0. The molecule has 0 unspecified atom stereocenters. The maximum absolute atomic E-state index is 5.81. The lowest BCUT2D eigenvalue weighted by Crippen LogP contribution is -2.12. The van der Waals surface area contributed by atoms with Gasteiger partial charge < -0.3 is 5.32 Å². The first-order valence-electron chi connectivity index (χ1n) is 5.98. The van der Waals surface area contributed by atoms with Gasteiger partial charge in [0, 0.05) is 17.6 Å². The molecule has 1 heterocycles. The standard InChI is InChI=1S/C13H17ClN4/c1-10(2)18-13(16-9-17-18)8-15-12-5-3-4-11(6-12)7-14/h3-6,9-10,15H,7-8H2,1-2H3. The number of rotatable bonds is 5. The van der Waals surface area contributed by atoms with E-state index in [1.165, 1.54) is 0 Å². The summed E-state index contributed by atoms with van der Waals surface area (Å²) in [5.74, 6) is 1.46. The first-order chi connectivity index (χ1) is 8.70. The summed E-state index contributed by atoms with van der Waals surface area (Å²) in [4.78, 5) is 4.26. The van der Waals surface area contributed by atoms with Crippen LogP contribution in [0.1, 0.15) is 31.3 Å². The van der Waals surface area contributed by atoms with Crippen molar-refractivity contribution in [3.63, 3.8) is 0 Å². The fourth-order valence-corrected chi connectivity index (χ4v) is 1.94. The van der Waals surface area contributed by atoms with E-state index in [1.54, 1.807) is 6.33 Å². The quantitative estimate of drug-likeness (QED) is 0.844. The van der Waals surface area contributed by atoms with E-state index >= 15 is 0 Å². The van der Waals surface area contributed by atoms with Crippen molar-refractivity contribution in [2.75, 3.05) is 5.32 Å². The van der Waals surface area contributed by atoms with Gasteiger partial charge in [-0.15, -0.1) is 11.6 Å². The van der Waals surface area contributed by atoms with Gasteiger partial charge in [-0.3, -0.25) is 0 Å². The molecule has 0 saturated carbocycles. The molecule has 0 aliphatic rings. The van der Waals surface area contributed by atoms with Crippen LogP contribution in [0.15, 0.2) is 30.6 Å². The lowest BCUT2D eigenvalue weighted by atomic mass is 10.2. The summed E-state index contributed by atoms with van der Waals surface area (Å²) in [5, 5.41) is 7.54. The SMILES string of the molecule is CC(C)n1ncnc1CNc1cccc(CCl)c1. The molecule has 2 rings (SSSR count). The zero-order valence-corrected chi connectivity index (χ0v) is 11.4. The average Bonchev–Trinajstić information content (AvgIpc) is 2.85. The number of nitrogens with zero attached hydrogens (tertiary/aromatic N) is 3. The van der Waals surface area contributed by atoms with Gasteiger partial charge in [-0.1, -0.05) is 12.1 Å². The lowest BCUT2D eigenvalue weighted by Gasteiger charge is -2.11. The van der Waals surface area contributed by atoms with E-state index in [0.29, 0.717) is 18.5 Å². The smallest absolute Gasteiger partial charge is 0.146 e. The van der Waals surface area contributed by atoms with Crippen LogP contribution in [0.3, 0.4) is 0 Å². The van der Waals surface area contributed by atoms with Crippen molar-refractivity contribution in [2.45, 2.75) is 32.3 Å². The summed E-state index contributed by atoms with van der Waals surface area (Å²) >= 11 is 5.81. The van der Waals surface area contributed by atoms with Crippen molar-refractivity contribution in [3.8, 4) is 0 Å². The molecule has 0 aliphatic heterocycles.